The number of primary amides is 1. The number of carbonyl (C=O) groups is 3. The second-order valence-electron chi connectivity index (χ2n) is 3.28. The summed E-state index contributed by atoms with van der Waals surface area (Å²) in [6.07, 6.45) is 0. The summed E-state index contributed by atoms with van der Waals surface area (Å²) in [5, 5.41) is 0. The first-order valence-electron chi connectivity index (χ1n) is 4.38. The molecule has 0 spiro atoms. The Kier molecular flexibility index (Phi) is 2.99. The fourth-order valence-corrected chi connectivity index (χ4v) is 1.18. The van der Waals surface area contributed by atoms with E-state index in [0.717, 1.165) is 0 Å². The van der Waals surface area contributed by atoms with E-state index >= 15 is 0 Å². The van der Waals surface area contributed by atoms with E-state index in [1.807, 2.05) is 0 Å². The number of benzene rings is 1. The van der Waals surface area contributed by atoms with E-state index in [0.29, 0.717) is 11.1 Å². The Hall–Kier alpha value is -1.97. The second-order valence-corrected chi connectivity index (χ2v) is 3.28. The van der Waals surface area contributed by atoms with Crippen LogP contribution in [0.2, 0.25) is 0 Å². The van der Waals surface area contributed by atoms with E-state index in [9.17, 15) is 14.4 Å². The molecule has 0 heterocycles. The number of rotatable bonds is 3. The minimum absolute atomic E-state index is 0.174. The van der Waals surface area contributed by atoms with Crippen molar-refractivity contribution in [2.24, 2.45) is 5.73 Å². The molecule has 0 aromatic heterocycles. The fourth-order valence-electron chi connectivity index (χ4n) is 1.18. The third-order valence-electron chi connectivity index (χ3n) is 2.03. The molecule has 2 N–H and O–H groups in total. The normalized spacial score (nSPS) is 9.73. The van der Waals surface area contributed by atoms with Crippen molar-refractivity contribution >= 4 is 17.5 Å². The Morgan fingerprint density at radius 3 is 1.47 bits per heavy atom. The number of carbonyl (C=O) groups excluding carboxylic acids is 3. The average molecular weight is 205 g/mol. The molecular formula is C11H11NO3. The van der Waals surface area contributed by atoms with Gasteiger partial charge in [-0.1, -0.05) is 0 Å². The highest BCUT2D eigenvalue weighted by Crippen LogP contribution is 2.11. The molecule has 4 heteroatoms. The van der Waals surface area contributed by atoms with Crippen molar-refractivity contribution in [3.05, 3.63) is 34.9 Å². The van der Waals surface area contributed by atoms with Crippen LogP contribution in [0.15, 0.2) is 18.2 Å². The number of nitrogens with two attached hydrogens (primary N) is 1. The molecule has 1 aromatic rings. The zero-order valence-corrected chi connectivity index (χ0v) is 8.53. The summed E-state index contributed by atoms with van der Waals surface area (Å²) in [5.74, 6) is -1.07. The van der Waals surface area contributed by atoms with Gasteiger partial charge in [0.25, 0.3) is 0 Å². The highest BCUT2D eigenvalue weighted by Gasteiger charge is 2.10. The van der Waals surface area contributed by atoms with E-state index in [2.05, 4.69) is 0 Å². The summed E-state index contributed by atoms with van der Waals surface area (Å²) < 4.78 is 0. The number of ketones is 2. The standard InChI is InChI=1S/C11H11NO3/c1-6(13)8-3-9(7(2)14)5-10(4-8)11(12)15/h3-5H,1-2H3,(H2,12,15). The Bertz CT molecular complexity index is 370. The summed E-state index contributed by atoms with van der Waals surface area (Å²) in [6.45, 7) is 2.73. The molecule has 0 radical (unpaired) electrons. The molecule has 78 valence electrons. The Morgan fingerprint density at radius 2 is 1.20 bits per heavy atom. The van der Waals surface area contributed by atoms with Crippen molar-refractivity contribution in [1.82, 2.24) is 0 Å². The van der Waals surface area contributed by atoms with Gasteiger partial charge in [0.15, 0.2) is 11.6 Å². The van der Waals surface area contributed by atoms with E-state index < -0.39 is 5.91 Å². The molecule has 0 saturated heterocycles. The minimum Gasteiger partial charge on any atom is -0.366 e. The van der Waals surface area contributed by atoms with Gasteiger partial charge in [-0.05, 0) is 32.0 Å². The van der Waals surface area contributed by atoms with Crippen LogP contribution in [0.3, 0.4) is 0 Å². The van der Waals surface area contributed by atoms with Gasteiger partial charge in [0.1, 0.15) is 0 Å². The molecule has 1 amide bonds. The van der Waals surface area contributed by atoms with Gasteiger partial charge in [0.2, 0.25) is 5.91 Å². The zero-order valence-electron chi connectivity index (χ0n) is 8.53. The molecule has 0 saturated carbocycles. The maximum absolute atomic E-state index is 11.1. The molecule has 0 atom stereocenters. The second kappa shape index (κ2) is 4.04. The molecule has 4 nitrogen and oxygen atoms in total. The first-order valence-corrected chi connectivity index (χ1v) is 4.38. The van der Waals surface area contributed by atoms with Crippen LogP contribution in [0, 0.1) is 0 Å². The lowest BCUT2D eigenvalue weighted by Gasteiger charge is -2.03. The fraction of sp³-hybridized carbons (Fsp3) is 0.182. The summed E-state index contributed by atoms with van der Waals surface area (Å²) in [6, 6.07) is 4.23. The van der Waals surface area contributed by atoms with Crippen LogP contribution in [0.25, 0.3) is 0 Å². The van der Waals surface area contributed by atoms with Crippen LogP contribution in [0.5, 0.6) is 0 Å². The molecule has 0 fully saturated rings. The molecular weight excluding hydrogens is 194 g/mol. The Morgan fingerprint density at radius 1 is 0.867 bits per heavy atom. The summed E-state index contributed by atoms with van der Waals surface area (Å²) in [4.78, 5) is 33.2. The summed E-state index contributed by atoms with van der Waals surface area (Å²) in [7, 11) is 0. The summed E-state index contributed by atoms with van der Waals surface area (Å²) in [5.41, 5.74) is 5.90. The molecule has 0 bridgehead atoms. The summed E-state index contributed by atoms with van der Waals surface area (Å²) >= 11 is 0. The Balaban J connectivity index is 3.39. The largest absolute Gasteiger partial charge is 0.366 e. The maximum Gasteiger partial charge on any atom is 0.248 e. The first-order chi connectivity index (χ1) is 6.91. The molecule has 0 unspecified atom stereocenters. The zero-order chi connectivity index (χ0) is 11.6. The molecule has 0 aliphatic rings. The quantitative estimate of drug-likeness (QED) is 0.753. The first kappa shape index (κ1) is 11.1. The van der Waals surface area contributed by atoms with Crippen molar-refractivity contribution in [3.8, 4) is 0 Å². The van der Waals surface area contributed by atoms with Crippen molar-refractivity contribution in [2.45, 2.75) is 13.8 Å². The predicted octanol–water partition coefficient (Wildman–Crippen LogP) is 1.19. The lowest BCUT2D eigenvalue weighted by molar-refractivity contribution is 0.1000. The lowest BCUT2D eigenvalue weighted by Crippen LogP contribution is -2.13. The van der Waals surface area contributed by atoms with Crippen molar-refractivity contribution < 1.29 is 14.4 Å². The third-order valence-corrected chi connectivity index (χ3v) is 2.03. The smallest absolute Gasteiger partial charge is 0.248 e. The van der Waals surface area contributed by atoms with E-state index in [1.165, 1.54) is 32.0 Å². The van der Waals surface area contributed by atoms with Gasteiger partial charge in [0.05, 0.1) is 0 Å². The van der Waals surface area contributed by atoms with Crippen LogP contribution in [0.4, 0.5) is 0 Å². The van der Waals surface area contributed by atoms with Gasteiger partial charge >= 0.3 is 0 Å². The number of amides is 1. The topological polar surface area (TPSA) is 77.2 Å². The molecule has 0 aliphatic carbocycles. The molecule has 0 aliphatic heterocycles. The van der Waals surface area contributed by atoms with Crippen molar-refractivity contribution in [2.75, 3.05) is 0 Å². The SMILES string of the molecule is CC(=O)c1cc(C(C)=O)cc(C(N)=O)c1. The van der Waals surface area contributed by atoms with E-state index in [4.69, 9.17) is 5.73 Å². The molecule has 15 heavy (non-hydrogen) atoms. The van der Waals surface area contributed by atoms with E-state index in [1.54, 1.807) is 0 Å². The molecule has 1 aromatic carbocycles. The maximum atomic E-state index is 11.1. The van der Waals surface area contributed by atoms with Crippen molar-refractivity contribution in [3.63, 3.8) is 0 Å². The van der Waals surface area contributed by atoms with Crippen LogP contribution < -0.4 is 5.73 Å². The molecule has 1 rings (SSSR count). The number of hydrogen-bond donors (Lipinski definition) is 1. The van der Waals surface area contributed by atoms with E-state index in [-0.39, 0.29) is 17.1 Å². The van der Waals surface area contributed by atoms with Crippen LogP contribution in [-0.2, 0) is 0 Å². The van der Waals surface area contributed by atoms with Gasteiger partial charge < -0.3 is 5.73 Å². The van der Waals surface area contributed by atoms with Crippen LogP contribution in [0.1, 0.15) is 44.9 Å². The van der Waals surface area contributed by atoms with Gasteiger partial charge in [-0.25, -0.2) is 0 Å². The van der Waals surface area contributed by atoms with Gasteiger partial charge in [-0.15, -0.1) is 0 Å². The Labute approximate surface area is 87.1 Å². The van der Waals surface area contributed by atoms with Gasteiger partial charge in [0, 0.05) is 16.7 Å². The predicted molar refractivity (Wildman–Crippen MR) is 55.0 cm³/mol. The van der Waals surface area contributed by atoms with Crippen molar-refractivity contribution in [1.29, 1.82) is 0 Å². The average Bonchev–Trinajstić information content (AvgIpc) is 2.16. The number of Topliss-reactive ketones (excluding diaryl/α,β-unsaturated/α-hetero) is 2. The third kappa shape index (κ3) is 2.49. The van der Waals surface area contributed by atoms with Gasteiger partial charge in [-0.3, -0.25) is 14.4 Å². The minimum atomic E-state index is -0.652. The highest BCUT2D eigenvalue weighted by atomic mass is 16.1. The monoisotopic (exact) mass is 205 g/mol. The lowest BCUT2D eigenvalue weighted by atomic mass is 10.0. The highest BCUT2D eigenvalue weighted by molar-refractivity contribution is 6.04. The van der Waals surface area contributed by atoms with Gasteiger partial charge in [-0.2, -0.15) is 0 Å². The number of hydrogen-bond acceptors (Lipinski definition) is 3. The van der Waals surface area contributed by atoms with Crippen LogP contribution >= 0.6 is 0 Å². The van der Waals surface area contributed by atoms with Crippen LogP contribution in [-0.4, -0.2) is 17.5 Å².